The molecule has 2 N–H and O–H groups in total. The second-order valence-electron chi connectivity index (χ2n) is 10.8. The molecule has 0 aliphatic carbocycles. The van der Waals surface area contributed by atoms with Crippen molar-refractivity contribution in [1.82, 2.24) is 24.8 Å². The zero-order chi connectivity index (χ0) is 31.6. The highest BCUT2D eigenvalue weighted by Gasteiger charge is 2.27. The number of anilines is 6. The van der Waals surface area contributed by atoms with Gasteiger partial charge in [-0.25, -0.2) is 13.4 Å². The van der Waals surface area contributed by atoms with E-state index in [1.165, 1.54) is 28.8 Å². The van der Waals surface area contributed by atoms with E-state index in [1.54, 1.807) is 38.6 Å². The van der Waals surface area contributed by atoms with Crippen molar-refractivity contribution in [1.29, 1.82) is 0 Å². The van der Waals surface area contributed by atoms with Gasteiger partial charge in [0.05, 0.1) is 34.2 Å². The molecule has 14 heteroatoms. The van der Waals surface area contributed by atoms with Crippen LogP contribution in [0.15, 0.2) is 47.3 Å². The minimum Gasteiger partial charge on any atom is -0.494 e. The van der Waals surface area contributed by atoms with Crippen LogP contribution in [0.5, 0.6) is 5.75 Å². The Morgan fingerprint density at radius 3 is 2.52 bits per heavy atom. The Kier molecular flexibility index (Phi) is 9.42. The highest BCUT2D eigenvalue weighted by Crippen LogP contribution is 2.39. The number of rotatable bonds is 11. The Morgan fingerprint density at radius 2 is 1.84 bits per heavy atom. The zero-order valence-corrected chi connectivity index (χ0v) is 28.2. The lowest BCUT2D eigenvalue weighted by Crippen LogP contribution is -2.31. The second-order valence-corrected chi connectivity index (χ2v) is 13.9. The van der Waals surface area contributed by atoms with Gasteiger partial charge in [0.2, 0.25) is 16.0 Å². The van der Waals surface area contributed by atoms with E-state index in [2.05, 4.69) is 84.5 Å². The number of halogens is 1. The number of aromatic nitrogens is 4. The van der Waals surface area contributed by atoms with E-state index in [0.717, 1.165) is 31.6 Å². The first-order valence-electron chi connectivity index (χ1n) is 14.4. The zero-order valence-electron chi connectivity index (χ0n) is 25.8. The fraction of sp³-hybridized carbons (Fsp3) is 0.400. The molecule has 0 radical (unpaired) electrons. The van der Waals surface area contributed by atoms with E-state index in [9.17, 15) is 8.42 Å². The number of likely N-dealkylation sites (N-methyl/N-ethyl adjacent to an activating group) is 1. The number of fused-ring (bicyclic) bond motifs is 1. The highest BCUT2D eigenvalue weighted by molar-refractivity contribution is 9.10. The lowest BCUT2D eigenvalue weighted by Gasteiger charge is -2.25. The van der Waals surface area contributed by atoms with Gasteiger partial charge in [-0.05, 0) is 73.6 Å². The molecule has 1 fully saturated rings. The van der Waals surface area contributed by atoms with Gasteiger partial charge in [0, 0.05) is 56.5 Å². The number of nitrogens with zero attached hydrogens (tertiary/aromatic N) is 7. The van der Waals surface area contributed by atoms with E-state index >= 15 is 0 Å². The summed E-state index contributed by atoms with van der Waals surface area (Å²) in [4.78, 5) is 22.7. The predicted octanol–water partition coefficient (Wildman–Crippen LogP) is 5.17. The van der Waals surface area contributed by atoms with Crippen LogP contribution in [0.4, 0.5) is 34.5 Å². The van der Waals surface area contributed by atoms with Gasteiger partial charge in [-0.3, -0.25) is 14.3 Å². The number of sulfonamides is 1. The Hall–Kier alpha value is -3.75. The minimum absolute atomic E-state index is 0.0702. The molecule has 12 nitrogen and oxygen atoms in total. The van der Waals surface area contributed by atoms with Crippen LogP contribution >= 0.6 is 15.9 Å². The monoisotopic (exact) mass is 683 g/mol. The number of methoxy groups -OCH3 is 1. The normalized spacial score (nSPS) is 15.2. The van der Waals surface area contributed by atoms with E-state index in [0.29, 0.717) is 50.4 Å². The van der Waals surface area contributed by atoms with Gasteiger partial charge in [0.15, 0.2) is 0 Å². The maximum Gasteiger partial charge on any atom is 0.234 e. The van der Waals surface area contributed by atoms with Crippen LogP contribution in [0.3, 0.4) is 0 Å². The molecule has 0 saturated carbocycles. The van der Waals surface area contributed by atoms with Crippen LogP contribution in [-0.4, -0.2) is 86.4 Å². The molecule has 0 bridgehead atoms. The van der Waals surface area contributed by atoms with Gasteiger partial charge >= 0.3 is 0 Å². The van der Waals surface area contributed by atoms with Crippen molar-refractivity contribution >= 4 is 71.5 Å². The SMILES string of the molecule is CCc1cc(Nc2ncc(Br)c(Nc3ccc4nccnc4c3N(C)S(=O)(=O)CC)n2)c(OC)cc1N1CCC(N(C)C)C1. The predicted molar refractivity (Wildman–Crippen MR) is 180 cm³/mol. The number of aryl methyl sites for hydroxylation is 1. The van der Waals surface area contributed by atoms with Crippen LogP contribution in [-0.2, 0) is 16.4 Å². The Morgan fingerprint density at radius 1 is 1.07 bits per heavy atom. The maximum absolute atomic E-state index is 12.9. The van der Waals surface area contributed by atoms with Crippen molar-refractivity contribution in [3.63, 3.8) is 0 Å². The smallest absolute Gasteiger partial charge is 0.234 e. The van der Waals surface area contributed by atoms with Crippen molar-refractivity contribution in [2.45, 2.75) is 32.7 Å². The third-order valence-corrected chi connectivity index (χ3v) is 10.3. The topological polar surface area (TPSA) is 129 Å². The lowest BCUT2D eigenvalue weighted by molar-refractivity contribution is 0.315. The summed E-state index contributed by atoms with van der Waals surface area (Å²) in [7, 11) is 3.83. The number of benzene rings is 2. The van der Waals surface area contributed by atoms with Crippen LogP contribution in [0, 0.1) is 0 Å². The molecule has 1 aliphatic heterocycles. The summed E-state index contributed by atoms with van der Waals surface area (Å²) in [6.45, 7) is 5.71. The van der Waals surface area contributed by atoms with Gasteiger partial charge < -0.3 is 25.2 Å². The molecule has 0 spiro atoms. The summed E-state index contributed by atoms with van der Waals surface area (Å²) >= 11 is 3.54. The number of nitrogens with one attached hydrogen (secondary N) is 2. The minimum atomic E-state index is -3.60. The molecule has 1 aliphatic rings. The van der Waals surface area contributed by atoms with E-state index in [1.807, 2.05) is 0 Å². The van der Waals surface area contributed by atoms with Crippen molar-refractivity contribution in [3.8, 4) is 5.75 Å². The van der Waals surface area contributed by atoms with Crippen LogP contribution in [0.25, 0.3) is 11.0 Å². The standard InChI is InChI=1S/C30H38BrN9O3S/c1-7-19-15-24(26(43-6)16-25(19)40-14-11-20(18-40)38(3)4)36-30-34-17-21(31)29(37-30)35-23-10-9-22-27(33-13-12-32-22)28(23)39(5)44(41,42)8-2/h9-10,12-13,15-17,20H,7-8,11,14,18H2,1-6H3,(H2,34,35,36,37). The molecule has 0 amide bonds. The third-order valence-electron chi connectivity index (χ3n) is 7.97. The molecular formula is C30H38BrN9O3S. The van der Waals surface area contributed by atoms with Crippen LogP contribution < -0.4 is 24.6 Å². The van der Waals surface area contributed by atoms with Crippen molar-refractivity contribution in [2.24, 2.45) is 0 Å². The number of hydrogen-bond donors (Lipinski definition) is 2. The number of ether oxygens (including phenoxy) is 1. The molecule has 3 heterocycles. The third kappa shape index (κ3) is 6.37. The average Bonchev–Trinajstić information content (AvgIpc) is 3.52. The number of hydrogen-bond acceptors (Lipinski definition) is 11. The van der Waals surface area contributed by atoms with Crippen LogP contribution in [0.2, 0.25) is 0 Å². The molecule has 1 unspecified atom stereocenters. The van der Waals surface area contributed by atoms with Gasteiger partial charge in [-0.15, -0.1) is 0 Å². The van der Waals surface area contributed by atoms with Crippen molar-refractivity contribution < 1.29 is 13.2 Å². The Bertz CT molecular complexity index is 1770. The molecule has 2 aromatic carbocycles. The molecule has 4 aromatic rings. The molecule has 44 heavy (non-hydrogen) atoms. The summed E-state index contributed by atoms with van der Waals surface area (Å²) in [5, 5.41) is 6.63. The largest absolute Gasteiger partial charge is 0.494 e. The van der Waals surface area contributed by atoms with Gasteiger partial charge in [-0.1, -0.05) is 6.92 Å². The van der Waals surface area contributed by atoms with Crippen molar-refractivity contribution in [2.75, 3.05) is 66.9 Å². The van der Waals surface area contributed by atoms with E-state index < -0.39 is 10.0 Å². The summed E-state index contributed by atoms with van der Waals surface area (Å²) < 4.78 is 33.5. The summed E-state index contributed by atoms with van der Waals surface area (Å²) in [5.74, 6) is 1.40. The lowest BCUT2D eigenvalue weighted by atomic mass is 10.1. The maximum atomic E-state index is 12.9. The van der Waals surface area contributed by atoms with E-state index in [-0.39, 0.29) is 5.75 Å². The Labute approximate surface area is 267 Å². The first kappa shape index (κ1) is 31.7. The molecule has 2 aromatic heterocycles. The summed E-state index contributed by atoms with van der Waals surface area (Å²) in [6, 6.07) is 8.26. The van der Waals surface area contributed by atoms with Crippen molar-refractivity contribution in [3.05, 3.63) is 52.9 Å². The molecule has 1 atom stereocenters. The highest BCUT2D eigenvalue weighted by atomic mass is 79.9. The summed E-state index contributed by atoms with van der Waals surface area (Å²) in [6.07, 6.45) is 6.72. The molecule has 234 valence electrons. The second kappa shape index (κ2) is 13.1. The Balaban J connectivity index is 1.48. The fourth-order valence-corrected chi connectivity index (χ4v) is 6.52. The quantitative estimate of drug-likeness (QED) is 0.217. The molecule has 1 saturated heterocycles. The van der Waals surface area contributed by atoms with Gasteiger partial charge in [-0.2, -0.15) is 4.98 Å². The van der Waals surface area contributed by atoms with Crippen LogP contribution in [0.1, 0.15) is 25.8 Å². The van der Waals surface area contributed by atoms with E-state index in [4.69, 9.17) is 9.72 Å². The van der Waals surface area contributed by atoms with Gasteiger partial charge in [0.25, 0.3) is 0 Å². The molecule has 5 rings (SSSR count). The first-order chi connectivity index (χ1) is 21.1. The van der Waals surface area contributed by atoms with Gasteiger partial charge in [0.1, 0.15) is 22.8 Å². The fourth-order valence-electron chi connectivity index (χ4n) is 5.38. The molecular weight excluding hydrogens is 646 g/mol. The summed E-state index contributed by atoms with van der Waals surface area (Å²) in [5.41, 5.74) is 5.03. The first-order valence-corrected chi connectivity index (χ1v) is 16.9. The average molecular weight is 685 g/mol.